The van der Waals surface area contributed by atoms with Crippen LogP contribution in [-0.2, 0) is 18.3 Å². The topological polar surface area (TPSA) is 70.5 Å². The second-order valence-corrected chi connectivity index (χ2v) is 10.2. The van der Waals surface area contributed by atoms with Gasteiger partial charge in [-0.25, -0.2) is 0 Å². The molecule has 0 saturated heterocycles. The summed E-state index contributed by atoms with van der Waals surface area (Å²) in [7, 11) is 0. The van der Waals surface area contributed by atoms with Crippen LogP contribution >= 0.6 is 0 Å². The first-order valence-corrected chi connectivity index (χ1v) is 13.7. The predicted octanol–water partition coefficient (Wildman–Crippen LogP) is 9.06. The minimum Gasteiger partial charge on any atom is -0.457 e. The Hall–Kier alpha value is -3.92. The fraction of sp³-hybridized carbons (Fsp3) is 0.294. The zero-order valence-corrected chi connectivity index (χ0v) is 23.1. The van der Waals surface area contributed by atoms with Gasteiger partial charge in [0.1, 0.15) is 23.0 Å². The lowest BCUT2D eigenvalue weighted by molar-refractivity contribution is 0.471. The SMILES string of the molecule is CCCc1cc(C(C)(CC)c2ccc(Oc3ccc(N)cc3)c(CCC)c2)ccc1Oc1ccc(N)cc1. The van der Waals surface area contributed by atoms with Crippen molar-refractivity contribution in [2.24, 2.45) is 0 Å². The summed E-state index contributed by atoms with van der Waals surface area (Å²) in [6.07, 6.45) is 4.96. The van der Waals surface area contributed by atoms with Crippen molar-refractivity contribution < 1.29 is 9.47 Å². The molecule has 0 heterocycles. The van der Waals surface area contributed by atoms with Crippen molar-refractivity contribution in [3.05, 3.63) is 107 Å². The zero-order valence-electron chi connectivity index (χ0n) is 23.1. The van der Waals surface area contributed by atoms with Gasteiger partial charge in [0.2, 0.25) is 0 Å². The third kappa shape index (κ3) is 6.13. The molecule has 0 aromatic heterocycles. The van der Waals surface area contributed by atoms with Crippen LogP contribution in [0.4, 0.5) is 11.4 Å². The van der Waals surface area contributed by atoms with Crippen LogP contribution in [0.5, 0.6) is 23.0 Å². The standard InChI is InChI=1S/C34H40N2O2/c1-5-8-24-22-26(10-20-32(24)37-30-16-12-28(35)13-17-30)34(4,7-3)27-11-21-33(25(23-27)9-6-2)38-31-18-14-29(36)15-19-31/h10-23H,5-9,35-36H2,1-4H3. The Balaban J connectivity index is 1.68. The van der Waals surface area contributed by atoms with Gasteiger partial charge in [0.05, 0.1) is 0 Å². The van der Waals surface area contributed by atoms with Crippen molar-refractivity contribution in [1.82, 2.24) is 0 Å². The van der Waals surface area contributed by atoms with Gasteiger partial charge < -0.3 is 20.9 Å². The summed E-state index contributed by atoms with van der Waals surface area (Å²) in [5, 5.41) is 0. The highest BCUT2D eigenvalue weighted by Gasteiger charge is 2.29. The van der Waals surface area contributed by atoms with E-state index in [0.717, 1.165) is 66.5 Å². The van der Waals surface area contributed by atoms with E-state index in [9.17, 15) is 0 Å². The second kappa shape index (κ2) is 12.1. The van der Waals surface area contributed by atoms with Crippen LogP contribution in [0, 0.1) is 0 Å². The van der Waals surface area contributed by atoms with E-state index in [1.807, 2.05) is 48.5 Å². The van der Waals surface area contributed by atoms with E-state index in [2.05, 4.69) is 64.1 Å². The molecule has 4 aromatic carbocycles. The number of nitrogens with two attached hydrogens (primary N) is 2. The summed E-state index contributed by atoms with van der Waals surface area (Å²) >= 11 is 0. The minimum absolute atomic E-state index is 0.148. The van der Waals surface area contributed by atoms with Gasteiger partial charge in [-0.2, -0.15) is 0 Å². The smallest absolute Gasteiger partial charge is 0.130 e. The molecule has 0 amide bonds. The highest BCUT2D eigenvalue weighted by molar-refractivity contribution is 5.51. The Kier molecular flexibility index (Phi) is 8.62. The van der Waals surface area contributed by atoms with Gasteiger partial charge >= 0.3 is 0 Å². The lowest BCUT2D eigenvalue weighted by atomic mass is 9.73. The number of aryl methyl sites for hydroxylation is 2. The van der Waals surface area contributed by atoms with Gasteiger partial charge in [-0.3, -0.25) is 0 Å². The number of benzene rings is 4. The van der Waals surface area contributed by atoms with Gasteiger partial charge in [0.25, 0.3) is 0 Å². The summed E-state index contributed by atoms with van der Waals surface area (Å²) in [5.74, 6) is 3.39. The third-order valence-electron chi connectivity index (χ3n) is 7.36. The molecular formula is C34H40N2O2. The quantitative estimate of drug-likeness (QED) is 0.198. The Morgan fingerprint density at radius 1 is 0.579 bits per heavy atom. The van der Waals surface area contributed by atoms with Crippen molar-refractivity contribution in [2.75, 3.05) is 11.5 Å². The van der Waals surface area contributed by atoms with Gasteiger partial charge in [-0.05, 0) is 102 Å². The number of hydrogen-bond acceptors (Lipinski definition) is 4. The van der Waals surface area contributed by atoms with E-state index in [4.69, 9.17) is 20.9 Å². The highest BCUT2D eigenvalue weighted by Crippen LogP contribution is 2.40. The first kappa shape index (κ1) is 27.1. The lowest BCUT2D eigenvalue weighted by Gasteiger charge is -2.31. The molecule has 0 aliphatic heterocycles. The molecule has 0 atom stereocenters. The fourth-order valence-electron chi connectivity index (χ4n) is 4.87. The first-order valence-electron chi connectivity index (χ1n) is 13.7. The van der Waals surface area contributed by atoms with E-state index in [1.165, 1.54) is 22.3 Å². The molecule has 0 bridgehead atoms. The first-order chi connectivity index (χ1) is 18.4. The van der Waals surface area contributed by atoms with Gasteiger partial charge in [0, 0.05) is 16.8 Å². The molecule has 0 aliphatic rings. The van der Waals surface area contributed by atoms with Gasteiger partial charge in [-0.1, -0.05) is 64.8 Å². The fourth-order valence-corrected chi connectivity index (χ4v) is 4.87. The molecule has 4 rings (SSSR count). The average Bonchev–Trinajstić information content (AvgIpc) is 2.93. The van der Waals surface area contributed by atoms with E-state index in [-0.39, 0.29) is 5.41 Å². The van der Waals surface area contributed by atoms with Crippen LogP contribution in [0.25, 0.3) is 0 Å². The van der Waals surface area contributed by atoms with Crippen molar-refractivity contribution in [1.29, 1.82) is 0 Å². The van der Waals surface area contributed by atoms with Crippen molar-refractivity contribution in [3.8, 4) is 23.0 Å². The molecule has 4 N–H and O–H groups in total. The van der Waals surface area contributed by atoms with Crippen LogP contribution in [-0.4, -0.2) is 0 Å². The third-order valence-corrected chi connectivity index (χ3v) is 7.36. The summed E-state index contributed by atoms with van der Waals surface area (Å²) in [5.41, 5.74) is 18.0. The monoisotopic (exact) mass is 508 g/mol. The van der Waals surface area contributed by atoms with Crippen molar-refractivity contribution in [3.63, 3.8) is 0 Å². The Labute approximate surface area is 227 Å². The van der Waals surface area contributed by atoms with E-state index >= 15 is 0 Å². The summed E-state index contributed by atoms with van der Waals surface area (Å²) in [4.78, 5) is 0. The average molecular weight is 509 g/mol. The number of anilines is 2. The Morgan fingerprint density at radius 3 is 1.32 bits per heavy atom. The van der Waals surface area contributed by atoms with Crippen LogP contribution in [0.2, 0.25) is 0 Å². The molecule has 198 valence electrons. The second-order valence-electron chi connectivity index (χ2n) is 10.2. The normalized spacial score (nSPS) is 11.4. The maximum Gasteiger partial charge on any atom is 0.130 e. The number of rotatable bonds is 11. The molecule has 4 nitrogen and oxygen atoms in total. The van der Waals surface area contributed by atoms with Gasteiger partial charge in [-0.15, -0.1) is 0 Å². The largest absolute Gasteiger partial charge is 0.457 e. The van der Waals surface area contributed by atoms with E-state index in [0.29, 0.717) is 0 Å². The van der Waals surface area contributed by atoms with Crippen LogP contribution in [0.3, 0.4) is 0 Å². The zero-order chi connectivity index (χ0) is 27.1. The summed E-state index contributed by atoms with van der Waals surface area (Å²) in [6.45, 7) is 9.01. The highest BCUT2D eigenvalue weighted by atomic mass is 16.5. The molecular weight excluding hydrogens is 468 g/mol. The van der Waals surface area contributed by atoms with Crippen LogP contribution in [0.1, 0.15) is 69.2 Å². The molecule has 0 unspecified atom stereocenters. The molecule has 0 fully saturated rings. The summed E-state index contributed by atoms with van der Waals surface area (Å²) < 4.78 is 12.5. The number of nitrogen functional groups attached to an aromatic ring is 2. The Bertz CT molecular complexity index is 1240. The predicted molar refractivity (Wildman–Crippen MR) is 159 cm³/mol. The lowest BCUT2D eigenvalue weighted by Crippen LogP contribution is -2.23. The molecule has 4 aromatic rings. The molecule has 0 radical (unpaired) electrons. The minimum atomic E-state index is -0.148. The van der Waals surface area contributed by atoms with Crippen LogP contribution in [0.15, 0.2) is 84.9 Å². The van der Waals surface area contributed by atoms with Gasteiger partial charge in [0.15, 0.2) is 0 Å². The molecule has 4 heteroatoms. The van der Waals surface area contributed by atoms with E-state index in [1.54, 1.807) is 0 Å². The number of ether oxygens (including phenoxy) is 2. The maximum absolute atomic E-state index is 6.27. The Morgan fingerprint density at radius 2 is 0.974 bits per heavy atom. The molecule has 0 aliphatic carbocycles. The van der Waals surface area contributed by atoms with E-state index < -0.39 is 0 Å². The molecule has 0 saturated carbocycles. The number of hydrogen-bond donors (Lipinski definition) is 2. The molecule has 38 heavy (non-hydrogen) atoms. The van der Waals surface area contributed by atoms with Crippen molar-refractivity contribution >= 4 is 11.4 Å². The maximum atomic E-state index is 6.27. The summed E-state index contributed by atoms with van der Waals surface area (Å²) in [6, 6.07) is 28.5. The van der Waals surface area contributed by atoms with Crippen molar-refractivity contribution in [2.45, 2.75) is 65.2 Å². The molecule has 0 spiro atoms. The van der Waals surface area contributed by atoms with Crippen LogP contribution < -0.4 is 20.9 Å².